The minimum Gasteiger partial charge on any atom is -0.355 e. The molecule has 2 aliphatic heterocycles. The third kappa shape index (κ3) is 4.50. The van der Waals surface area contributed by atoms with E-state index in [1.165, 1.54) is 0 Å². The highest BCUT2D eigenvalue weighted by molar-refractivity contribution is 7.85. The van der Waals surface area contributed by atoms with E-state index in [1.807, 2.05) is 77.4 Å². The van der Waals surface area contributed by atoms with E-state index in [0.717, 1.165) is 44.8 Å². The summed E-state index contributed by atoms with van der Waals surface area (Å²) in [6.07, 6.45) is 8.10. The molecule has 0 unspecified atom stereocenters. The Hall–Kier alpha value is -3.49. The lowest BCUT2D eigenvalue weighted by Gasteiger charge is -2.06. The lowest BCUT2D eigenvalue weighted by atomic mass is 10.3. The number of nitrogens with zero attached hydrogens (tertiary/aromatic N) is 3. The molecule has 8 bridgehead atoms. The average molecular weight is 433 g/mol. The van der Waals surface area contributed by atoms with Crippen molar-refractivity contribution >= 4 is 56.5 Å². The Balaban J connectivity index is 1.72. The molecule has 0 fully saturated rings. The minimum atomic E-state index is -4.01. The molecule has 2 aliphatic rings. The number of rotatable bonds is 4. The minimum absolute atomic E-state index is 0.289. The second-order valence-electron chi connectivity index (χ2n) is 7.51. The maximum atomic E-state index is 11.2. The Labute approximate surface area is 179 Å². The van der Waals surface area contributed by atoms with Crippen molar-refractivity contribution in [3.8, 4) is 0 Å². The topological polar surface area (TPSA) is 101 Å². The standard InChI is InChI=1S/C23H20N4O3S/c28-31(29,30)11-1-10-27-22-8-9-23(27)15-21-7-5-19(26-21)13-17-3-2-16(24-17)12-18-4-6-20(14-22)25-18/h2-9,12-15,24H,1,10-11H2,(H,28,29,30). The predicted molar refractivity (Wildman–Crippen MR) is 124 cm³/mol. The fourth-order valence-electron chi connectivity index (χ4n) is 3.75. The van der Waals surface area contributed by atoms with Gasteiger partial charge in [-0.2, -0.15) is 8.42 Å². The SMILES string of the molecule is O=S(=O)(O)CCCn1c2ccc1cc1nc(cc3ccc(cc4nc(c2)C=C4)[nH]3)C=C1. The molecule has 0 aliphatic carbocycles. The fourth-order valence-corrected chi connectivity index (χ4v) is 4.24. The molecule has 0 atom stereocenters. The van der Waals surface area contributed by atoms with Crippen LogP contribution in [0.4, 0.5) is 0 Å². The van der Waals surface area contributed by atoms with Crippen LogP contribution < -0.4 is 0 Å². The summed E-state index contributed by atoms with van der Waals surface area (Å²) >= 11 is 0. The Bertz CT molecular complexity index is 1400. The molecule has 0 amide bonds. The van der Waals surface area contributed by atoms with Crippen molar-refractivity contribution in [2.24, 2.45) is 0 Å². The van der Waals surface area contributed by atoms with E-state index in [2.05, 4.69) is 15.0 Å². The van der Waals surface area contributed by atoms with Crippen molar-refractivity contribution in [1.82, 2.24) is 19.5 Å². The summed E-state index contributed by atoms with van der Waals surface area (Å²) < 4.78 is 33.4. The molecule has 7 nitrogen and oxygen atoms in total. The lowest BCUT2D eigenvalue weighted by molar-refractivity contribution is 0.479. The van der Waals surface area contributed by atoms with E-state index in [9.17, 15) is 8.42 Å². The van der Waals surface area contributed by atoms with Crippen LogP contribution in [0.15, 0.2) is 48.5 Å². The van der Waals surface area contributed by atoms with Crippen molar-refractivity contribution in [2.75, 3.05) is 5.75 Å². The monoisotopic (exact) mass is 432 g/mol. The number of fused-ring (bicyclic) bond motifs is 8. The highest BCUT2D eigenvalue weighted by Crippen LogP contribution is 2.19. The zero-order valence-electron chi connectivity index (χ0n) is 16.6. The number of aryl methyl sites for hydroxylation is 1. The molecule has 31 heavy (non-hydrogen) atoms. The molecule has 5 heterocycles. The molecule has 3 aromatic rings. The van der Waals surface area contributed by atoms with Gasteiger partial charge in [0.25, 0.3) is 10.1 Å². The van der Waals surface area contributed by atoms with Gasteiger partial charge in [0.05, 0.1) is 28.5 Å². The number of aromatic amines is 1. The quantitative estimate of drug-likeness (QED) is 0.410. The molecule has 2 N–H and O–H groups in total. The van der Waals surface area contributed by atoms with E-state index in [-0.39, 0.29) is 5.75 Å². The lowest BCUT2D eigenvalue weighted by Crippen LogP contribution is -2.07. The van der Waals surface area contributed by atoms with Crippen molar-refractivity contribution in [3.63, 3.8) is 0 Å². The Morgan fingerprint density at radius 2 is 1.26 bits per heavy atom. The van der Waals surface area contributed by atoms with E-state index < -0.39 is 10.1 Å². The van der Waals surface area contributed by atoms with Crippen molar-refractivity contribution in [3.05, 3.63) is 71.3 Å². The number of H-pyrrole nitrogens is 1. The number of hydrogen-bond donors (Lipinski definition) is 2. The van der Waals surface area contributed by atoms with Gasteiger partial charge in [-0.05, 0) is 79.3 Å². The Morgan fingerprint density at radius 3 is 1.74 bits per heavy atom. The van der Waals surface area contributed by atoms with Crippen LogP contribution in [0.5, 0.6) is 0 Å². The van der Waals surface area contributed by atoms with Crippen LogP contribution in [0.2, 0.25) is 0 Å². The second-order valence-corrected chi connectivity index (χ2v) is 9.08. The van der Waals surface area contributed by atoms with Crippen LogP contribution in [0.1, 0.15) is 29.2 Å². The molecule has 0 saturated heterocycles. The van der Waals surface area contributed by atoms with Gasteiger partial charge >= 0.3 is 0 Å². The van der Waals surface area contributed by atoms with Crippen LogP contribution in [-0.4, -0.2) is 38.2 Å². The third-order valence-electron chi connectivity index (χ3n) is 5.13. The maximum Gasteiger partial charge on any atom is 0.264 e. The van der Waals surface area contributed by atoms with Gasteiger partial charge in [0.1, 0.15) is 0 Å². The normalized spacial score (nSPS) is 13.1. The van der Waals surface area contributed by atoms with Crippen LogP contribution in [0.3, 0.4) is 0 Å². The number of nitrogens with one attached hydrogen (secondary N) is 1. The summed E-state index contributed by atoms with van der Waals surface area (Å²) in [7, 11) is -4.01. The summed E-state index contributed by atoms with van der Waals surface area (Å²) in [5.41, 5.74) is 7.03. The zero-order chi connectivity index (χ0) is 21.4. The molecule has 3 aromatic heterocycles. The van der Waals surface area contributed by atoms with E-state index in [4.69, 9.17) is 4.55 Å². The Kier molecular flexibility index (Phi) is 4.80. The third-order valence-corrected chi connectivity index (χ3v) is 5.93. The van der Waals surface area contributed by atoms with Gasteiger partial charge in [0.15, 0.2) is 0 Å². The van der Waals surface area contributed by atoms with Crippen LogP contribution in [-0.2, 0) is 16.7 Å². The zero-order valence-corrected chi connectivity index (χ0v) is 17.4. The van der Waals surface area contributed by atoms with Gasteiger partial charge in [-0.1, -0.05) is 0 Å². The molecule has 0 spiro atoms. The van der Waals surface area contributed by atoms with Crippen molar-refractivity contribution in [2.45, 2.75) is 13.0 Å². The molecule has 8 heteroatoms. The van der Waals surface area contributed by atoms with Gasteiger partial charge in [0.2, 0.25) is 0 Å². The first-order chi connectivity index (χ1) is 14.9. The molecular formula is C23H20N4O3S. The molecule has 5 rings (SSSR count). The molecule has 0 saturated carbocycles. The van der Waals surface area contributed by atoms with Gasteiger partial charge in [0, 0.05) is 28.6 Å². The van der Waals surface area contributed by atoms with Crippen LogP contribution in [0.25, 0.3) is 46.4 Å². The second kappa shape index (κ2) is 7.64. The highest BCUT2D eigenvalue weighted by Gasteiger charge is 2.08. The van der Waals surface area contributed by atoms with Crippen LogP contribution in [0, 0.1) is 0 Å². The largest absolute Gasteiger partial charge is 0.355 e. The van der Waals surface area contributed by atoms with Gasteiger partial charge in [-0.15, -0.1) is 0 Å². The van der Waals surface area contributed by atoms with Crippen molar-refractivity contribution < 1.29 is 13.0 Å². The fraction of sp³-hybridized carbons (Fsp3) is 0.130. The van der Waals surface area contributed by atoms with Gasteiger partial charge < -0.3 is 9.55 Å². The van der Waals surface area contributed by atoms with E-state index in [1.54, 1.807) is 0 Å². The maximum absolute atomic E-state index is 11.2. The summed E-state index contributed by atoms with van der Waals surface area (Å²) in [5, 5.41) is 0. The van der Waals surface area contributed by atoms with Crippen molar-refractivity contribution in [1.29, 1.82) is 0 Å². The first kappa shape index (κ1) is 19.5. The van der Waals surface area contributed by atoms with E-state index in [0.29, 0.717) is 13.0 Å². The van der Waals surface area contributed by atoms with Crippen LogP contribution >= 0.6 is 0 Å². The first-order valence-corrected chi connectivity index (χ1v) is 11.5. The molecule has 0 radical (unpaired) electrons. The number of aromatic nitrogens is 4. The Morgan fingerprint density at radius 1 is 0.774 bits per heavy atom. The molecular weight excluding hydrogens is 412 g/mol. The summed E-state index contributed by atoms with van der Waals surface area (Å²) in [4.78, 5) is 12.7. The molecule has 0 aromatic carbocycles. The molecule has 156 valence electrons. The van der Waals surface area contributed by atoms with Gasteiger partial charge in [-0.25, -0.2) is 9.97 Å². The summed E-state index contributed by atoms with van der Waals surface area (Å²) in [6, 6.07) is 15.8. The highest BCUT2D eigenvalue weighted by atomic mass is 32.2. The first-order valence-electron chi connectivity index (χ1n) is 9.91. The predicted octanol–water partition coefficient (Wildman–Crippen LogP) is 4.41. The summed E-state index contributed by atoms with van der Waals surface area (Å²) in [5.74, 6) is -0.289. The summed E-state index contributed by atoms with van der Waals surface area (Å²) in [6.45, 7) is 0.438. The average Bonchev–Trinajstić information content (AvgIpc) is 3.48. The smallest absolute Gasteiger partial charge is 0.264 e. The van der Waals surface area contributed by atoms with E-state index >= 15 is 0 Å². The van der Waals surface area contributed by atoms with Gasteiger partial charge in [-0.3, -0.25) is 4.55 Å². The number of hydrogen-bond acceptors (Lipinski definition) is 4.